The zero-order chi connectivity index (χ0) is 20.4. The van der Waals surface area contributed by atoms with Crippen LogP contribution in [0.5, 0.6) is 0 Å². The summed E-state index contributed by atoms with van der Waals surface area (Å²) in [6.07, 6.45) is 2.18. The molecule has 1 saturated heterocycles. The number of aromatic nitrogens is 5. The average Bonchev–Trinajstić information content (AvgIpc) is 3.43. The lowest BCUT2D eigenvalue weighted by Gasteiger charge is -2.10. The fourth-order valence-electron chi connectivity index (χ4n) is 3.64. The molecular formula is C20H22FN5O2S. The van der Waals surface area contributed by atoms with Crippen LogP contribution in [0.3, 0.4) is 0 Å². The lowest BCUT2D eigenvalue weighted by atomic mass is 10.2. The molecule has 3 heterocycles. The number of aryl methyl sites for hydroxylation is 1. The molecule has 0 radical (unpaired) electrons. The van der Waals surface area contributed by atoms with Crippen LogP contribution >= 0.6 is 11.8 Å². The molecule has 0 aliphatic carbocycles. The monoisotopic (exact) mass is 415 g/mol. The number of nitrogens with zero attached hydrogens (tertiary/aromatic N) is 5. The van der Waals surface area contributed by atoms with E-state index in [4.69, 9.17) is 4.74 Å². The highest BCUT2D eigenvalue weighted by molar-refractivity contribution is 7.99. The van der Waals surface area contributed by atoms with Crippen LogP contribution in [0.15, 0.2) is 35.5 Å². The molecule has 1 atom stereocenters. The minimum atomic E-state index is -0.287. The molecule has 1 fully saturated rings. The van der Waals surface area contributed by atoms with Gasteiger partial charge in [0.1, 0.15) is 5.82 Å². The first-order valence-electron chi connectivity index (χ1n) is 9.51. The lowest BCUT2D eigenvalue weighted by molar-refractivity contribution is 0.0912. The zero-order valence-corrected chi connectivity index (χ0v) is 17.2. The predicted molar refractivity (Wildman–Crippen MR) is 107 cm³/mol. The first kappa shape index (κ1) is 19.8. The van der Waals surface area contributed by atoms with Crippen molar-refractivity contribution in [3.8, 4) is 5.69 Å². The van der Waals surface area contributed by atoms with Crippen LogP contribution in [-0.4, -0.2) is 49.0 Å². The summed E-state index contributed by atoms with van der Waals surface area (Å²) in [5.74, 6) is -0.0488. The van der Waals surface area contributed by atoms with Gasteiger partial charge in [0.15, 0.2) is 5.78 Å². The van der Waals surface area contributed by atoms with Gasteiger partial charge in [-0.2, -0.15) is 0 Å². The Bertz CT molecular complexity index is 1010. The van der Waals surface area contributed by atoms with E-state index in [0.717, 1.165) is 36.5 Å². The van der Waals surface area contributed by atoms with Crippen LogP contribution in [0, 0.1) is 19.7 Å². The van der Waals surface area contributed by atoms with Crippen molar-refractivity contribution in [1.29, 1.82) is 0 Å². The van der Waals surface area contributed by atoms with Gasteiger partial charge in [0.2, 0.25) is 5.16 Å². The third-order valence-corrected chi connectivity index (χ3v) is 6.01. The van der Waals surface area contributed by atoms with Crippen molar-refractivity contribution in [2.45, 2.75) is 44.5 Å². The van der Waals surface area contributed by atoms with Crippen LogP contribution in [0.25, 0.3) is 5.69 Å². The highest BCUT2D eigenvalue weighted by atomic mass is 32.2. The molecule has 29 heavy (non-hydrogen) atoms. The number of tetrazole rings is 1. The van der Waals surface area contributed by atoms with Gasteiger partial charge in [0.05, 0.1) is 18.4 Å². The quantitative estimate of drug-likeness (QED) is 0.435. The van der Waals surface area contributed by atoms with E-state index in [0.29, 0.717) is 17.3 Å². The minimum Gasteiger partial charge on any atom is -0.376 e. The summed E-state index contributed by atoms with van der Waals surface area (Å²) >= 11 is 1.32. The molecule has 0 unspecified atom stereocenters. The van der Waals surface area contributed by atoms with Crippen LogP contribution in [0.1, 0.15) is 34.6 Å². The number of carbonyl (C=O) groups is 1. The number of Topliss-reactive ketones (excluding diaryl/α,β-unsaturated/α-hetero) is 1. The average molecular weight is 415 g/mol. The first-order chi connectivity index (χ1) is 14.0. The second-order valence-corrected chi connectivity index (χ2v) is 8.03. The van der Waals surface area contributed by atoms with Gasteiger partial charge in [-0.1, -0.05) is 11.8 Å². The molecule has 152 valence electrons. The summed E-state index contributed by atoms with van der Waals surface area (Å²) in [5.41, 5.74) is 3.23. The molecule has 3 aromatic rings. The fourth-order valence-corrected chi connectivity index (χ4v) is 4.41. The van der Waals surface area contributed by atoms with Gasteiger partial charge in [-0.15, -0.1) is 5.10 Å². The molecule has 0 saturated carbocycles. The molecule has 9 heteroatoms. The summed E-state index contributed by atoms with van der Waals surface area (Å²) in [7, 11) is 0. The SMILES string of the molecule is Cc1cc(C(=O)CSc2nnnn2C[C@@H]2CCCO2)c(C)n1-c1ccc(F)cc1. The van der Waals surface area contributed by atoms with E-state index >= 15 is 0 Å². The largest absolute Gasteiger partial charge is 0.376 e. The molecule has 7 nitrogen and oxygen atoms in total. The maximum absolute atomic E-state index is 13.2. The Hall–Kier alpha value is -2.52. The molecular weight excluding hydrogens is 393 g/mol. The molecule has 0 amide bonds. The minimum absolute atomic E-state index is 0.00290. The van der Waals surface area contributed by atoms with Crippen molar-refractivity contribution in [2.75, 3.05) is 12.4 Å². The fraction of sp³-hybridized carbons (Fsp3) is 0.400. The number of carbonyl (C=O) groups excluding carboxylic acids is 1. The molecule has 1 aliphatic rings. The third kappa shape index (κ3) is 4.25. The molecule has 0 bridgehead atoms. The molecule has 2 aromatic heterocycles. The van der Waals surface area contributed by atoms with Crippen molar-refractivity contribution in [1.82, 2.24) is 24.8 Å². The Labute approximate surface area is 172 Å². The van der Waals surface area contributed by atoms with E-state index in [-0.39, 0.29) is 23.5 Å². The van der Waals surface area contributed by atoms with Crippen LogP contribution in [-0.2, 0) is 11.3 Å². The topological polar surface area (TPSA) is 74.8 Å². The second kappa shape index (κ2) is 8.46. The Balaban J connectivity index is 1.46. The number of hydrogen-bond acceptors (Lipinski definition) is 6. The van der Waals surface area contributed by atoms with Gasteiger partial charge in [-0.3, -0.25) is 4.79 Å². The van der Waals surface area contributed by atoms with Crippen molar-refractivity contribution in [3.05, 3.63) is 53.1 Å². The summed E-state index contributed by atoms with van der Waals surface area (Å²) in [4.78, 5) is 12.9. The Morgan fingerprint density at radius 1 is 1.31 bits per heavy atom. The van der Waals surface area contributed by atoms with E-state index < -0.39 is 0 Å². The van der Waals surface area contributed by atoms with E-state index in [1.807, 2.05) is 24.5 Å². The standard InChI is InChI=1S/C20H22FN5O2S/c1-13-10-18(14(2)26(13)16-7-5-15(21)6-8-16)19(27)12-29-20-22-23-24-25(20)11-17-4-3-9-28-17/h5-8,10,17H,3-4,9,11-12H2,1-2H3/t17-/m0/s1. The Morgan fingerprint density at radius 3 is 2.83 bits per heavy atom. The van der Waals surface area contributed by atoms with E-state index in [2.05, 4.69) is 15.5 Å². The van der Waals surface area contributed by atoms with Gasteiger partial charge in [0.25, 0.3) is 0 Å². The van der Waals surface area contributed by atoms with E-state index in [1.165, 1.54) is 23.9 Å². The predicted octanol–water partition coefficient (Wildman–Crippen LogP) is 3.37. The van der Waals surface area contributed by atoms with Crippen LogP contribution in [0.2, 0.25) is 0 Å². The zero-order valence-electron chi connectivity index (χ0n) is 16.3. The molecule has 1 aliphatic heterocycles. The summed E-state index contributed by atoms with van der Waals surface area (Å²) in [6.45, 7) is 5.21. The normalized spacial score (nSPS) is 16.4. The van der Waals surface area contributed by atoms with E-state index in [9.17, 15) is 9.18 Å². The maximum atomic E-state index is 13.2. The third-order valence-electron chi connectivity index (χ3n) is 5.05. The second-order valence-electron chi connectivity index (χ2n) is 7.09. The number of rotatable bonds is 7. The Morgan fingerprint density at radius 2 is 2.10 bits per heavy atom. The van der Waals surface area contributed by atoms with Gasteiger partial charge in [-0.25, -0.2) is 9.07 Å². The van der Waals surface area contributed by atoms with Gasteiger partial charge in [-0.05, 0) is 67.4 Å². The molecule has 0 N–H and O–H groups in total. The number of hydrogen-bond donors (Lipinski definition) is 0. The summed E-state index contributed by atoms with van der Waals surface area (Å²) in [5, 5.41) is 12.4. The Kier molecular flexibility index (Phi) is 5.77. The van der Waals surface area contributed by atoms with Crippen molar-refractivity contribution < 1.29 is 13.9 Å². The number of ether oxygens (including phenoxy) is 1. The molecule has 4 rings (SSSR count). The van der Waals surface area contributed by atoms with E-state index in [1.54, 1.807) is 16.8 Å². The van der Waals surface area contributed by atoms with Crippen molar-refractivity contribution >= 4 is 17.5 Å². The highest BCUT2D eigenvalue weighted by Gasteiger charge is 2.21. The first-order valence-corrected chi connectivity index (χ1v) is 10.5. The van der Waals surface area contributed by atoms with Gasteiger partial charge >= 0.3 is 0 Å². The highest BCUT2D eigenvalue weighted by Crippen LogP contribution is 2.24. The van der Waals surface area contributed by atoms with Crippen LogP contribution < -0.4 is 0 Å². The summed E-state index contributed by atoms with van der Waals surface area (Å²) in [6, 6.07) is 8.12. The number of ketones is 1. The van der Waals surface area contributed by atoms with Crippen molar-refractivity contribution in [3.63, 3.8) is 0 Å². The number of thioether (sulfide) groups is 1. The van der Waals surface area contributed by atoms with Crippen molar-refractivity contribution in [2.24, 2.45) is 0 Å². The molecule has 0 spiro atoms. The van der Waals surface area contributed by atoms with Gasteiger partial charge < -0.3 is 9.30 Å². The molecule has 1 aromatic carbocycles. The smallest absolute Gasteiger partial charge is 0.209 e. The number of benzene rings is 1. The van der Waals surface area contributed by atoms with Gasteiger partial charge in [0, 0.05) is 29.2 Å². The number of halogens is 1. The van der Waals surface area contributed by atoms with Crippen LogP contribution in [0.4, 0.5) is 4.39 Å². The summed E-state index contributed by atoms with van der Waals surface area (Å²) < 4.78 is 22.5. The maximum Gasteiger partial charge on any atom is 0.209 e. The lowest BCUT2D eigenvalue weighted by Crippen LogP contribution is -2.17.